The second kappa shape index (κ2) is 8.65. The average Bonchev–Trinajstić information content (AvgIpc) is 1.90. The molecule has 0 fully saturated rings. The quantitative estimate of drug-likeness (QED) is 0.547. The molecule has 3 nitrogen and oxygen atoms in total. The van der Waals surface area contributed by atoms with Crippen LogP contribution in [0.5, 0.6) is 0 Å². The monoisotopic (exact) mass is 155 g/mol. The molecule has 1 radical (unpaired) electrons. The Labute approximate surface area is 65.6 Å². The molecule has 0 aliphatic rings. The van der Waals surface area contributed by atoms with Crippen LogP contribution in [-0.2, 0) is 9.90 Å². The summed E-state index contributed by atoms with van der Waals surface area (Å²) in [5.41, 5.74) is 0. The highest BCUT2D eigenvalue weighted by molar-refractivity contribution is 5.62. The van der Waals surface area contributed by atoms with E-state index in [1.54, 1.807) is 0 Å². The smallest absolute Gasteiger partial charge is 0.352 e. The first-order valence-electron chi connectivity index (χ1n) is 2.91. The van der Waals surface area contributed by atoms with Crippen molar-refractivity contribution in [2.75, 3.05) is 0 Å². The molecule has 61 valence electrons. The lowest BCUT2D eigenvalue weighted by atomic mass is 10.4. The van der Waals surface area contributed by atoms with E-state index in [0.29, 0.717) is 0 Å². The molecule has 0 aliphatic carbocycles. The molecule has 0 spiro atoms. The maximum atomic E-state index is 8.89. The SMILES string of the molecule is CC([O])=O.O.c1ccccc1. The van der Waals surface area contributed by atoms with Crippen LogP contribution < -0.4 is 0 Å². The molecule has 0 saturated heterocycles. The second-order valence-electron chi connectivity index (χ2n) is 1.65. The molecular weight excluding hydrogens is 144 g/mol. The molecule has 0 saturated carbocycles. The Balaban J connectivity index is 0. The fourth-order valence-electron chi connectivity index (χ4n) is 0.385. The zero-order valence-electron chi connectivity index (χ0n) is 6.28. The molecule has 0 unspecified atom stereocenters. The summed E-state index contributed by atoms with van der Waals surface area (Å²) in [6.45, 7) is 0.972. The van der Waals surface area contributed by atoms with Gasteiger partial charge in [0.15, 0.2) is 0 Å². The van der Waals surface area contributed by atoms with Crippen LogP contribution in [0.25, 0.3) is 0 Å². The van der Waals surface area contributed by atoms with Crippen molar-refractivity contribution < 1.29 is 15.4 Å². The highest BCUT2D eigenvalue weighted by atomic mass is 16.4. The zero-order chi connectivity index (χ0) is 7.82. The lowest BCUT2D eigenvalue weighted by Crippen LogP contribution is -1.74. The maximum Gasteiger partial charge on any atom is 0.352 e. The summed E-state index contributed by atoms with van der Waals surface area (Å²) in [5, 5.41) is 8.89. The van der Waals surface area contributed by atoms with Crippen LogP contribution in [0.2, 0.25) is 0 Å². The minimum atomic E-state index is -1.08. The molecule has 0 atom stereocenters. The van der Waals surface area contributed by atoms with E-state index in [4.69, 9.17) is 9.90 Å². The lowest BCUT2D eigenvalue weighted by molar-refractivity contribution is -0.140. The van der Waals surface area contributed by atoms with Gasteiger partial charge in [-0.15, -0.1) is 0 Å². The predicted octanol–water partition coefficient (Wildman–Crippen LogP) is 0.825. The Kier molecular flexibility index (Phi) is 9.70. The molecule has 0 heterocycles. The standard InChI is InChI=1S/C6H6.C2H3O2.H2O/c1-2-4-6-5-3-1;1-2(3)4;/h1-6H;1H3;1H2. The van der Waals surface area contributed by atoms with Crippen molar-refractivity contribution in [1.29, 1.82) is 0 Å². The number of hydrogen-bond donors (Lipinski definition) is 0. The van der Waals surface area contributed by atoms with Gasteiger partial charge in [0.2, 0.25) is 0 Å². The van der Waals surface area contributed by atoms with Gasteiger partial charge in [0.1, 0.15) is 0 Å². The van der Waals surface area contributed by atoms with Gasteiger partial charge >= 0.3 is 5.97 Å². The highest BCUT2D eigenvalue weighted by Crippen LogP contribution is 1.79. The predicted molar refractivity (Wildman–Crippen MR) is 41.4 cm³/mol. The maximum absolute atomic E-state index is 8.89. The molecule has 1 aromatic rings. The summed E-state index contributed by atoms with van der Waals surface area (Å²) in [6, 6.07) is 12.0. The highest BCUT2D eigenvalue weighted by Gasteiger charge is 1.71. The third-order valence-electron chi connectivity index (χ3n) is 0.667. The fraction of sp³-hybridized carbons (Fsp3) is 0.125. The van der Waals surface area contributed by atoms with Crippen LogP contribution in [0, 0.1) is 0 Å². The van der Waals surface area contributed by atoms with Crippen molar-refractivity contribution in [3.8, 4) is 0 Å². The van der Waals surface area contributed by atoms with Gasteiger partial charge in [-0.2, -0.15) is 0 Å². The normalized spacial score (nSPS) is 6.64. The summed E-state index contributed by atoms with van der Waals surface area (Å²) in [5.74, 6) is -1.08. The summed E-state index contributed by atoms with van der Waals surface area (Å²) in [4.78, 5) is 8.89. The van der Waals surface area contributed by atoms with Gasteiger partial charge in [-0.3, -0.25) is 0 Å². The largest absolute Gasteiger partial charge is 0.412 e. The lowest BCUT2D eigenvalue weighted by Gasteiger charge is -1.69. The molecule has 11 heavy (non-hydrogen) atoms. The van der Waals surface area contributed by atoms with Crippen LogP contribution in [-0.4, -0.2) is 11.4 Å². The van der Waals surface area contributed by atoms with Gasteiger partial charge in [-0.05, 0) is 0 Å². The van der Waals surface area contributed by atoms with Gasteiger partial charge in [0, 0.05) is 6.92 Å². The van der Waals surface area contributed by atoms with Crippen LogP contribution in [0.15, 0.2) is 36.4 Å². The van der Waals surface area contributed by atoms with Gasteiger partial charge in [-0.25, -0.2) is 9.90 Å². The van der Waals surface area contributed by atoms with Crippen molar-refractivity contribution >= 4 is 5.97 Å². The molecule has 0 aliphatic heterocycles. The minimum Gasteiger partial charge on any atom is -0.412 e. The first-order valence-corrected chi connectivity index (χ1v) is 2.91. The first kappa shape index (κ1) is 12.3. The van der Waals surface area contributed by atoms with E-state index in [9.17, 15) is 0 Å². The van der Waals surface area contributed by atoms with Crippen molar-refractivity contribution in [3.63, 3.8) is 0 Å². The van der Waals surface area contributed by atoms with E-state index >= 15 is 0 Å². The average molecular weight is 155 g/mol. The van der Waals surface area contributed by atoms with E-state index < -0.39 is 5.97 Å². The van der Waals surface area contributed by atoms with Crippen LogP contribution in [0.3, 0.4) is 0 Å². The number of carbonyl (C=O) groups is 1. The Morgan fingerprint density at radius 1 is 0.909 bits per heavy atom. The number of benzene rings is 1. The molecule has 0 amide bonds. The van der Waals surface area contributed by atoms with E-state index in [-0.39, 0.29) is 5.48 Å². The van der Waals surface area contributed by atoms with E-state index in [1.807, 2.05) is 36.4 Å². The summed E-state index contributed by atoms with van der Waals surface area (Å²) in [7, 11) is 0. The molecular formula is C8H11O3. The first-order chi connectivity index (χ1) is 4.73. The number of rotatable bonds is 0. The minimum absolute atomic E-state index is 0. The van der Waals surface area contributed by atoms with E-state index in [1.165, 1.54) is 0 Å². The van der Waals surface area contributed by atoms with Crippen LogP contribution in [0.4, 0.5) is 0 Å². The number of carbonyl (C=O) groups excluding carboxylic acids is 1. The third kappa shape index (κ3) is 17.7. The van der Waals surface area contributed by atoms with Gasteiger partial charge in [0.25, 0.3) is 0 Å². The molecule has 1 aromatic carbocycles. The van der Waals surface area contributed by atoms with Crippen LogP contribution >= 0.6 is 0 Å². The van der Waals surface area contributed by atoms with Crippen molar-refractivity contribution in [2.45, 2.75) is 6.92 Å². The van der Waals surface area contributed by atoms with Crippen LogP contribution in [0.1, 0.15) is 6.92 Å². The third-order valence-corrected chi connectivity index (χ3v) is 0.667. The Morgan fingerprint density at radius 2 is 1.00 bits per heavy atom. The summed E-state index contributed by atoms with van der Waals surface area (Å²) < 4.78 is 0. The van der Waals surface area contributed by atoms with Crippen molar-refractivity contribution in [2.24, 2.45) is 0 Å². The fourth-order valence-corrected chi connectivity index (χ4v) is 0.385. The zero-order valence-corrected chi connectivity index (χ0v) is 6.28. The topological polar surface area (TPSA) is 68.5 Å². The second-order valence-corrected chi connectivity index (χ2v) is 1.65. The summed E-state index contributed by atoms with van der Waals surface area (Å²) in [6.07, 6.45) is 0. The molecule has 2 N–H and O–H groups in total. The van der Waals surface area contributed by atoms with Gasteiger partial charge < -0.3 is 5.48 Å². The molecule has 3 heteroatoms. The summed E-state index contributed by atoms with van der Waals surface area (Å²) >= 11 is 0. The number of hydrogen-bond acceptors (Lipinski definition) is 1. The van der Waals surface area contributed by atoms with E-state index in [2.05, 4.69) is 0 Å². The van der Waals surface area contributed by atoms with Crippen molar-refractivity contribution in [3.05, 3.63) is 36.4 Å². The van der Waals surface area contributed by atoms with Crippen molar-refractivity contribution in [1.82, 2.24) is 0 Å². The Hall–Kier alpha value is -1.35. The molecule has 0 aromatic heterocycles. The Bertz CT molecular complexity index is 141. The Morgan fingerprint density at radius 3 is 1.09 bits per heavy atom. The molecule has 1 rings (SSSR count). The van der Waals surface area contributed by atoms with Gasteiger partial charge in [0.05, 0.1) is 0 Å². The van der Waals surface area contributed by atoms with Gasteiger partial charge in [-0.1, -0.05) is 36.4 Å². The molecule has 0 bridgehead atoms. The van der Waals surface area contributed by atoms with E-state index in [0.717, 1.165) is 6.92 Å².